The van der Waals surface area contributed by atoms with Gasteiger partial charge in [-0.05, 0) is 37.1 Å². The minimum atomic E-state index is -4.04. The molecule has 6 heteroatoms. The zero-order chi connectivity index (χ0) is 14.6. The molecule has 1 aliphatic carbocycles. The van der Waals surface area contributed by atoms with Gasteiger partial charge in [-0.25, -0.2) is 0 Å². The molecule has 0 spiro atoms. The molecule has 0 bridgehead atoms. The summed E-state index contributed by atoms with van der Waals surface area (Å²) in [4.78, 5) is 18.7. The Morgan fingerprint density at radius 2 is 1.80 bits per heavy atom. The zero-order valence-corrected chi connectivity index (χ0v) is 12.6. The van der Waals surface area contributed by atoms with Gasteiger partial charge in [0.05, 0.1) is 13.3 Å². The summed E-state index contributed by atoms with van der Waals surface area (Å²) in [6.45, 7) is 0. The van der Waals surface area contributed by atoms with Gasteiger partial charge in [-0.2, -0.15) is 0 Å². The molecule has 0 unspecified atom stereocenters. The van der Waals surface area contributed by atoms with E-state index < -0.39 is 13.1 Å². The Labute approximate surface area is 119 Å². The van der Waals surface area contributed by atoms with Crippen LogP contribution >= 0.6 is 7.60 Å². The van der Waals surface area contributed by atoms with E-state index in [0.717, 1.165) is 43.5 Å². The van der Waals surface area contributed by atoms with Gasteiger partial charge in [0.1, 0.15) is 5.75 Å². The van der Waals surface area contributed by atoms with Crippen molar-refractivity contribution in [3.63, 3.8) is 0 Å². The van der Waals surface area contributed by atoms with Crippen LogP contribution in [0, 0.1) is 0 Å². The first kappa shape index (κ1) is 15.4. The van der Waals surface area contributed by atoms with Crippen LogP contribution in [0.15, 0.2) is 24.3 Å². The van der Waals surface area contributed by atoms with Crippen LogP contribution in [0.4, 0.5) is 5.69 Å². The van der Waals surface area contributed by atoms with Crippen LogP contribution in [0.3, 0.4) is 0 Å². The van der Waals surface area contributed by atoms with E-state index in [1.165, 1.54) is 0 Å². The number of hydrogen-bond acceptors (Lipinski definition) is 3. The number of hydrogen-bond donors (Lipinski definition) is 3. The summed E-state index contributed by atoms with van der Waals surface area (Å²) in [5.41, 5.74) is 0.382. The van der Waals surface area contributed by atoms with Gasteiger partial charge in [-0.15, -0.1) is 0 Å². The van der Waals surface area contributed by atoms with Crippen LogP contribution in [-0.4, -0.2) is 28.6 Å². The van der Waals surface area contributed by atoms with Crippen molar-refractivity contribution >= 4 is 13.3 Å². The lowest BCUT2D eigenvalue weighted by Gasteiger charge is -2.39. The summed E-state index contributed by atoms with van der Waals surface area (Å²) in [5.74, 6) is 0.767. The first-order valence-electron chi connectivity index (χ1n) is 6.89. The fourth-order valence-electron chi connectivity index (χ4n) is 2.93. The second-order valence-electron chi connectivity index (χ2n) is 5.52. The number of rotatable bonds is 5. The maximum absolute atomic E-state index is 11.4. The summed E-state index contributed by atoms with van der Waals surface area (Å²) in [5, 5.41) is 3.35. The van der Waals surface area contributed by atoms with E-state index in [4.69, 9.17) is 4.74 Å². The van der Waals surface area contributed by atoms with E-state index in [9.17, 15) is 14.4 Å². The molecular formula is C14H22NO4P. The first-order chi connectivity index (χ1) is 9.42. The van der Waals surface area contributed by atoms with Crippen molar-refractivity contribution in [2.75, 3.05) is 18.6 Å². The maximum atomic E-state index is 11.4. The lowest BCUT2D eigenvalue weighted by molar-refractivity contribution is 0.313. The first-order valence-corrected chi connectivity index (χ1v) is 8.69. The standard InChI is InChI=1S/C14H22NO4P/c1-19-13-7-5-12(6-8-13)15-14(11-20(16,17)18)9-3-2-4-10-14/h5-8,15H,2-4,9-11H2,1H3,(H2,16,17,18). The Bertz CT molecular complexity index is 476. The molecular weight excluding hydrogens is 277 g/mol. The highest BCUT2D eigenvalue weighted by molar-refractivity contribution is 7.51. The van der Waals surface area contributed by atoms with Crippen molar-refractivity contribution in [2.45, 2.75) is 37.6 Å². The minimum Gasteiger partial charge on any atom is -0.497 e. The molecule has 1 saturated carbocycles. The van der Waals surface area contributed by atoms with Crippen molar-refractivity contribution in [1.82, 2.24) is 0 Å². The van der Waals surface area contributed by atoms with E-state index >= 15 is 0 Å². The molecule has 0 radical (unpaired) electrons. The molecule has 3 N–H and O–H groups in total. The third-order valence-corrected chi connectivity index (χ3v) is 4.84. The lowest BCUT2D eigenvalue weighted by atomic mass is 9.83. The molecule has 0 aliphatic heterocycles. The van der Waals surface area contributed by atoms with E-state index in [2.05, 4.69) is 5.32 Å². The molecule has 1 fully saturated rings. The zero-order valence-electron chi connectivity index (χ0n) is 11.7. The molecule has 0 aromatic heterocycles. The summed E-state index contributed by atoms with van der Waals surface area (Å²) in [7, 11) is -2.43. The summed E-state index contributed by atoms with van der Waals surface area (Å²) in [6.07, 6.45) is 4.62. The van der Waals surface area contributed by atoms with Crippen molar-refractivity contribution in [1.29, 1.82) is 0 Å². The Balaban J connectivity index is 2.16. The summed E-state index contributed by atoms with van der Waals surface area (Å²) in [6, 6.07) is 7.45. The Morgan fingerprint density at radius 3 is 2.30 bits per heavy atom. The highest BCUT2D eigenvalue weighted by Gasteiger charge is 2.38. The molecule has 20 heavy (non-hydrogen) atoms. The smallest absolute Gasteiger partial charge is 0.327 e. The number of nitrogens with one attached hydrogen (secondary N) is 1. The number of methoxy groups -OCH3 is 1. The molecule has 0 atom stereocenters. The van der Waals surface area contributed by atoms with Crippen LogP contribution in [0.25, 0.3) is 0 Å². The molecule has 2 rings (SSSR count). The van der Waals surface area contributed by atoms with Crippen LogP contribution in [0.1, 0.15) is 32.1 Å². The second-order valence-corrected chi connectivity index (χ2v) is 7.16. The molecule has 0 saturated heterocycles. The quantitative estimate of drug-likeness (QED) is 0.728. The van der Waals surface area contributed by atoms with E-state index in [0.29, 0.717) is 0 Å². The highest BCUT2D eigenvalue weighted by Crippen LogP contribution is 2.45. The second kappa shape index (κ2) is 6.17. The fraction of sp³-hybridized carbons (Fsp3) is 0.571. The van der Waals surface area contributed by atoms with Crippen molar-refractivity contribution < 1.29 is 19.1 Å². The van der Waals surface area contributed by atoms with Gasteiger partial charge in [0.25, 0.3) is 0 Å². The predicted molar refractivity (Wildman–Crippen MR) is 79.3 cm³/mol. The van der Waals surface area contributed by atoms with Crippen molar-refractivity contribution in [2.24, 2.45) is 0 Å². The van der Waals surface area contributed by atoms with Gasteiger partial charge >= 0.3 is 7.60 Å². The number of ether oxygens (including phenoxy) is 1. The van der Waals surface area contributed by atoms with E-state index in [1.807, 2.05) is 24.3 Å². The van der Waals surface area contributed by atoms with Crippen LogP contribution < -0.4 is 10.1 Å². The number of anilines is 1. The largest absolute Gasteiger partial charge is 0.497 e. The van der Waals surface area contributed by atoms with Gasteiger partial charge in [-0.1, -0.05) is 19.3 Å². The predicted octanol–water partition coefficient (Wildman–Crippen LogP) is 2.99. The number of benzene rings is 1. The fourth-order valence-corrected chi connectivity index (χ4v) is 4.11. The Morgan fingerprint density at radius 1 is 1.20 bits per heavy atom. The third-order valence-electron chi connectivity index (χ3n) is 3.82. The molecule has 0 amide bonds. The summed E-state index contributed by atoms with van der Waals surface area (Å²) < 4.78 is 16.5. The average molecular weight is 299 g/mol. The molecule has 5 nitrogen and oxygen atoms in total. The van der Waals surface area contributed by atoms with Crippen LogP contribution in [0.2, 0.25) is 0 Å². The van der Waals surface area contributed by atoms with Gasteiger partial charge in [0, 0.05) is 11.2 Å². The van der Waals surface area contributed by atoms with Gasteiger partial charge in [0.15, 0.2) is 0 Å². The van der Waals surface area contributed by atoms with Gasteiger partial charge in [0.2, 0.25) is 0 Å². The van der Waals surface area contributed by atoms with Gasteiger partial charge in [-0.3, -0.25) is 4.57 Å². The lowest BCUT2D eigenvalue weighted by Crippen LogP contribution is -2.43. The molecule has 1 aromatic rings. The van der Waals surface area contributed by atoms with E-state index in [1.54, 1.807) is 7.11 Å². The average Bonchev–Trinajstić information content (AvgIpc) is 2.38. The molecule has 112 valence electrons. The van der Waals surface area contributed by atoms with E-state index in [-0.39, 0.29) is 6.16 Å². The summed E-state index contributed by atoms with van der Waals surface area (Å²) >= 11 is 0. The topological polar surface area (TPSA) is 78.8 Å². The Hall–Kier alpha value is -1.03. The van der Waals surface area contributed by atoms with Crippen molar-refractivity contribution in [3.8, 4) is 5.75 Å². The molecule has 0 heterocycles. The SMILES string of the molecule is COc1ccc(NC2(CP(=O)(O)O)CCCCC2)cc1. The minimum absolute atomic E-state index is 0.105. The monoisotopic (exact) mass is 299 g/mol. The van der Waals surface area contributed by atoms with Crippen LogP contribution in [-0.2, 0) is 4.57 Å². The van der Waals surface area contributed by atoms with Gasteiger partial charge < -0.3 is 19.8 Å². The third kappa shape index (κ3) is 4.23. The van der Waals surface area contributed by atoms with Crippen molar-refractivity contribution in [3.05, 3.63) is 24.3 Å². The normalized spacial score (nSPS) is 18.6. The highest BCUT2D eigenvalue weighted by atomic mass is 31.2. The van der Waals surface area contributed by atoms with Crippen LogP contribution in [0.5, 0.6) is 5.75 Å². The maximum Gasteiger partial charge on any atom is 0.327 e. The molecule has 1 aliphatic rings. The Kier molecular flexibility index (Phi) is 4.74. The molecule has 1 aromatic carbocycles.